The summed E-state index contributed by atoms with van der Waals surface area (Å²) in [5, 5.41) is 3.16. The Morgan fingerprint density at radius 2 is 1.84 bits per heavy atom. The molecule has 0 saturated heterocycles. The van der Waals surface area contributed by atoms with Crippen LogP contribution in [-0.4, -0.2) is 42.7 Å². The Balaban J connectivity index is 2.64. The molecule has 1 aliphatic carbocycles. The van der Waals surface area contributed by atoms with Crippen LogP contribution < -0.4 is 5.32 Å². The Kier molecular flexibility index (Phi) is 5.64. The molecule has 1 N–H and O–H groups in total. The fourth-order valence-electron chi connectivity index (χ4n) is 2.74. The van der Waals surface area contributed by atoms with E-state index >= 15 is 0 Å². The third-order valence-corrected chi connectivity index (χ3v) is 3.94. The van der Waals surface area contributed by atoms with Crippen LogP contribution in [0, 0.1) is 0 Å². The zero-order chi connectivity index (χ0) is 14.5. The Morgan fingerprint density at radius 1 is 1.26 bits per heavy atom. The number of rotatable bonds is 5. The molecule has 0 bridgehead atoms. The third kappa shape index (κ3) is 5.01. The standard InChI is InChI=1S/C13H23F3N2O/c1-3-18(10-13(14,15)16)11(19)9-12(17-2)7-5-4-6-8-12/h17H,3-10H2,1-2H3. The highest BCUT2D eigenvalue weighted by Gasteiger charge is 2.37. The highest BCUT2D eigenvalue weighted by Crippen LogP contribution is 2.31. The van der Waals surface area contributed by atoms with E-state index < -0.39 is 18.6 Å². The SMILES string of the molecule is CCN(CC(F)(F)F)C(=O)CC1(NC)CCCCC1. The molecule has 1 amide bonds. The first-order chi connectivity index (χ1) is 8.82. The second-order valence-electron chi connectivity index (χ2n) is 5.29. The Hall–Kier alpha value is -0.780. The summed E-state index contributed by atoms with van der Waals surface area (Å²) in [5.74, 6) is -0.406. The first-order valence-electron chi connectivity index (χ1n) is 6.85. The van der Waals surface area contributed by atoms with Crippen molar-refractivity contribution < 1.29 is 18.0 Å². The average Bonchev–Trinajstić information content (AvgIpc) is 2.36. The Morgan fingerprint density at radius 3 is 2.26 bits per heavy atom. The molecule has 0 aromatic heterocycles. The van der Waals surface area contributed by atoms with E-state index in [4.69, 9.17) is 0 Å². The highest BCUT2D eigenvalue weighted by atomic mass is 19.4. The van der Waals surface area contributed by atoms with Crippen molar-refractivity contribution in [3.8, 4) is 0 Å². The van der Waals surface area contributed by atoms with Crippen LogP contribution in [0.4, 0.5) is 13.2 Å². The fourth-order valence-corrected chi connectivity index (χ4v) is 2.74. The van der Waals surface area contributed by atoms with Crippen LogP contribution in [0.15, 0.2) is 0 Å². The molecule has 0 unspecified atom stereocenters. The number of amides is 1. The molecular formula is C13H23F3N2O. The molecule has 0 radical (unpaired) electrons. The van der Waals surface area contributed by atoms with Gasteiger partial charge in [-0.05, 0) is 26.8 Å². The van der Waals surface area contributed by atoms with Gasteiger partial charge < -0.3 is 10.2 Å². The van der Waals surface area contributed by atoms with E-state index in [0.717, 1.165) is 37.0 Å². The van der Waals surface area contributed by atoms with Gasteiger partial charge in [0.15, 0.2) is 0 Å². The number of hydrogen-bond donors (Lipinski definition) is 1. The summed E-state index contributed by atoms with van der Waals surface area (Å²) < 4.78 is 37.2. The zero-order valence-electron chi connectivity index (χ0n) is 11.6. The van der Waals surface area contributed by atoms with Crippen LogP contribution >= 0.6 is 0 Å². The maximum atomic E-state index is 12.4. The third-order valence-electron chi connectivity index (χ3n) is 3.94. The van der Waals surface area contributed by atoms with E-state index in [1.165, 1.54) is 0 Å². The molecule has 0 aromatic carbocycles. The molecular weight excluding hydrogens is 257 g/mol. The van der Waals surface area contributed by atoms with Crippen LogP contribution in [0.3, 0.4) is 0 Å². The second kappa shape index (κ2) is 6.59. The number of halogens is 3. The summed E-state index contributed by atoms with van der Waals surface area (Å²) >= 11 is 0. The molecule has 6 heteroatoms. The minimum Gasteiger partial charge on any atom is -0.334 e. The number of carbonyl (C=O) groups is 1. The van der Waals surface area contributed by atoms with E-state index in [1.54, 1.807) is 14.0 Å². The van der Waals surface area contributed by atoms with Crippen molar-refractivity contribution in [2.24, 2.45) is 0 Å². The molecule has 1 fully saturated rings. The van der Waals surface area contributed by atoms with Gasteiger partial charge in [-0.15, -0.1) is 0 Å². The van der Waals surface area contributed by atoms with Gasteiger partial charge in [-0.25, -0.2) is 0 Å². The lowest BCUT2D eigenvalue weighted by Crippen LogP contribution is -2.50. The molecule has 1 rings (SSSR count). The van der Waals surface area contributed by atoms with Crippen molar-refractivity contribution in [3.05, 3.63) is 0 Å². The predicted octanol–water partition coefficient (Wildman–Crippen LogP) is 2.71. The number of nitrogens with zero attached hydrogens (tertiary/aromatic N) is 1. The minimum absolute atomic E-state index is 0.0954. The lowest BCUT2D eigenvalue weighted by molar-refractivity contribution is -0.161. The number of carbonyl (C=O) groups excluding carboxylic acids is 1. The van der Waals surface area contributed by atoms with Crippen molar-refractivity contribution in [3.63, 3.8) is 0 Å². The topological polar surface area (TPSA) is 32.3 Å². The highest BCUT2D eigenvalue weighted by molar-refractivity contribution is 5.77. The van der Waals surface area contributed by atoms with Gasteiger partial charge in [0.05, 0.1) is 0 Å². The van der Waals surface area contributed by atoms with Crippen molar-refractivity contribution in [1.29, 1.82) is 0 Å². The van der Waals surface area contributed by atoms with Crippen molar-refractivity contribution in [2.45, 2.75) is 57.2 Å². The van der Waals surface area contributed by atoms with Gasteiger partial charge in [0.2, 0.25) is 5.91 Å². The monoisotopic (exact) mass is 280 g/mol. The lowest BCUT2D eigenvalue weighted by Gasteiger charge is -2.38. The lowest BCUT2D eigenvalue weighted by atomic mass is 9.79. The predicted molar refractivity (Wildman–Crippen MR) is 67.8 cm³/mol. The van der Waals surface area contributed by atoms with E-state index in [0.29, 0.717) is 0 Å². The second-order valence-corrected chi connectivity index (χ2v) is 5.29. The van der Waals surface area contributed by atoms with Gasteiger partial charge in [-0.2, -0.15) is 13.2 Å². The van der Waals surface area contributed by atoms with Gasteiger partial charge in [0, 0.05) is 18.5 Å². The van der Waals surface area contributed by atoms with Crippen molar-refractivity contribution in [1.82, 2.24) is 10.2 Å². The Labute approximate surface area is 112 Å². The van der Waals surface area contributed by atoms with Crippen LogP contribution in [0.1, 0.15) is 45.4 Å². The van der Waals surface area contributed by atoms with Gasteiger partial charge in [0.25, 0.3) is 0 Å². The summed E-state index contributed by atoms with van der Waals surface area (Å²) in [6.07, 6.45) is 0.743. The molecule has 1 aliphatic rings. The van der Waals surface area contributed by atoms with Crippen molar-refractivity contribution >= 4 is 5.91 Å². The zero-order valence-corrected chi connectivity index (χ0v) is 11.6. The number of alkyl halides is 3. The van der Waals surface area contributed by atoms with Gasteiger partial charge >= 0.3 is 6.18 Å². The number of hydrogen-bond acceptors (Lipinski definition) is 2. The quantitative estimate of drug-likeness (QED) is 0.840. The summed E-state index contributed by atoms with van der Waals surface area (Å²) in [5.41, 5.74) is -0.311. The van der Waals surface area contributed by atoms with Gasteiger partial charge in [-0.3, -0.25) is 4.79 Å². The van der Waals surface area contributed by atoms with E-state index in [2.05, 4.69) is 5.32 Å². The average molecular weight is 280 g/mol. The summed E-state index contributed by atoms with van der Waals surface area (Å²) in [6.45, 7) is 0.525. The minimum atomic E-state index is -4.33. The van der Waals surface area contributed by atoms with E-state index in [1.807, 2.05) is 0 Å². The summed E-state index contributed by atoms with van der Waals surface area (Å²) in [7, 11) is 1.79. The maximum absolute atomic E-state index is 12.4. The first-order valence-corrected chi connectivity index (χ1v) is 6.85. The smallest absolute Gasteiger partial charge is 0.334 e. The molecule has 0 spiro atoms. The van der Waals surface area contributed by atoms with E-state index in [9.17, 15) is 18.0 Å². The number of nitrogens with one attached hydrogen (secondary N) is 1. The molecule has 0 aromatic rings. The van der Waals surface area contributed by atoms with Crippen LogP contribution in [0.25, 0.3) is 0 Å². The molecule has 19 heavy (non-hydrogen) atoms. The van der Waals surface area contributed by atoms with Crippen LogP contribution in [0.2, 0.25) is 0 Å². The molecule has 3 nitrogen and oxygen atoms in total. The van der Waals surface area contributed by atoms with E-state index in [-0.39, 0.29) is 18.5 Å². The van der Waals surface area contributed by atoms with Crippen LogP contribution in [-0.2, 0) is 4.79 Å². The molecule has 0 aliphatic heterocycles. The van der Waals surface area contributed by atoms with Crippen LogP contribution in [0.5, 0.6) is 0 Å². The first kappa shape index (κ1) is 16.3. The summed E-state index contributed by atoms with van der Waals surface area (Å²) in [4.78, 5) is 13.0. The Bertz CT molecular complexity index is 299. The molecule has 0 heterocycles. The summed E-state index contributed by atoms with van der Waals surface area (Å²) in [6, 6.07) is 0. The fraction of sp³-hybridized carbons (Fsp3) is 0.923. The molecule has 1 saturated carbocycles. The maximum Gasteiger partial charge on any atom is 0.406 e. The van der Waals surface area contributed by atoms with Gasteiger partial charge in [-0.1, -0.05) is 19.3 Å². The molecule has 0 atom stereocenters. The van der Waals surface area contributed by atoms with Crippen molar-refractivity contribution in [2.75, 3.05) is 20.1 Å². The normalized spacial score (nSPS) is 19.2. The largest absolute Gasteiger partial charge is 0.406 e. The molecule has 112 valence electrons. The van der Waals surface area contributed by atoms with Gasteiger partial charge in [0.1, 0.15) is 6.54 Å².